The van der Waals surface area contributed by atoms with E-state index in [1.54, 1.807) is 0 Å². The van der Waals surface area contributed by atoms with E-state index in [9.17, 15) is 18.0 Å². The minimum Gasteiger partial charge on any atom is -0.398 e. The molecule has 1 rings (SSSR count). The lowest BCUT2D eigenvalue weighted by atomic mass is 10.1. The van der Waals surface area contributed by atoms with Gasteiger partial charge in [-0.2, -0.15) is 13.2 Å². The molecule has 3 nitrogen and oxygen atoms in total. The van der Waals surface area contributed by atoms with Crippen molar-refractivity contribution in [3.63, 3.8) is 0 Å². The second-order valence-electron chi connectivity index (χ2n) is 2.78. The molecule has 0 spiro atoms. The normalized spacial score (nSPS) is 11.5. The lowest BCUT2D eigenvalue weighted by molar-refractivity contribution is -0.137. The van der Waals surface area contributed by atoms with Crippen molar-refractivity contribution in [1.82, 2.24) is 0 Å². The van der Waals surface area contributed by atoms with E-state index in [0.29, 0.717) is 6.07 Å². The molecular formula is C8H6BrF3N2O. The fourth-order valence-corrected chi connectivity index (χ4v) is 1.37. The van der Waals surface area contributed by atoms with Crippen LogP contribution in [-0.2, 0) is 6.18 Å². The molecule has 0 radical (unpaired) electrons. The van der Waals surface area contributed by atoms with Gasteiger partial charge in [0.1, 0.15) is 0 Å². The molecular weight excluding hydrogens is 277 g/mol. The zero-order valence-electron chi connectivity index (χ0n) is 7.23. The SMILES string of the molecule is NC(=O)c1cc(Br)c(N)cc1C(F)(F)F. The highest BCUT2D eigenvalue weighted by atomic mass is 79.9. The van der Waals surface area contributed by atoms with Crippen molar-refractivity contribution in [2.75, 3.05) is 5.73 Å². The van der Waals surface area contributed by atoms with Crippen molar-refractivity contribution in [3.8, 4) is 0 Å². The summed E-state index contributed by atoms with van der Waals surface area (Å²) in [6.07, 6.45) is -4.65. The zero-order chi connectivity index (χ0) is 11.8. The first-order valence-electron chi connectivity index (χ1n) is 3.69. The van der Waals surface area contributed by atoms with Crippen LogP contribution in [0.25, 0.3) is 0 Å². The van der Waals surface area contributed by atoms with E-state index in [1.807, 2.05) is 0 Å². The maximum absolute atomic E-state index is 12.4. The van der Waals surface area contributed by atoms with Gasteiger partial charge in [-0.25, -0.2) is 0 Å². The fraction of sp³-hybridized carbons (Fsp3) is 0.125. The lowest BCUT2D eigenvalue weighted by Crippen LogP contribution is -2.19. The molecule has 1 amide bonds. The lowest BCUT2D eigenvalue weighted by Gasteiger charge is -2.12. The number of halogens is 4. The van der Waals surface area contributed by atoms with E-state index in [4.69, 9.17) is 11.5 Å². The third kappa shape index (κ3) is 2.41. The number of anilines is 1. The summed E-state index contributed by atoms with van der Waals surface area (Å²) in [5, 5.41) is 0. The van der Waals surface area contributed by atoms with Gasteiger partial charge in [0.2, 0.25) is 5.91 Å². The van der Waals surface area contributed by atoms with Crippen molar-refractivity contribution < 1.29 is 18.0 Å². The Morgan fingerprint density at radius 2 is 1.87 bits per heavy atom. The summed E-state index contributed by atoms with van der Waals surface area (Å²) in [7, 11) is 0. The van der Waals surface area contributed by atoms with Crippen LogP contribution in [0.4, 0.5) is 18.9 Å². The van der Waals surface area contributed by atoms with Gasteiger partial charge in [0.25, 0.3) is 0 Å². The van der Waals surface area contributed by atoms with Crippen LogP contribution in [-0.4, -0.2) is 5.91 Å². The second kappa shape index (κ2) is 3.73. The molecule has 15 heavy (non-hydrogen) atoms. The topological polar surface area (TPSA) is 69.1 Å². The van der Waals surface area contributed by atoms with Crippen LogP contribution < -0.4 is 11.5 Å². The van der Waals surface area contributed by atoms with E-state index < -0.39 is 23.2 Å². The van der Waals surface area contributed by atoms with Gasteiger partial charge in [-0.15, -0.1) is 0 Å². The first-order valence-corrected chi connectivity index (χ1v) is 4.49. The molecule has 0 saturated heterocycles. The molecule has 4 N–H and O–H groups in total. The zero-order valence-corrected chi connectivity index (χ0v) is 8.82. The minimum atomic E-state index is -4.65. The molecule has 82 valence electrons. The van der Waals surface area contributed by atoms with Gasteiger partial charge in [0.15, 0.2) is 0 Å². The Kier molecular flexibility index (Phi) is 2.94. The average molecular weight is 283 g/mol. The van der Waals surface area contributed by atoms with Crippen molar-refractivity contribution >= 4 is 27.5 Å². The van der Waals surface area contributed by atoms with Crippen molar-refractivity contribution in [2.24, 2.45) is 5.73 Å². The second-order valence-corrected chi connectivity index (χ2v) is 3.64. The van der Waals surface area contributed by atoms with E-state index in [1.165, 1.54) is 0 Å². The predicted octanol–water partition coefficient (Wildman–Crippen LogP) is 2.15. The van der Waals surface area contributed by atoms with Crippen LogP contribution in [0.1, 0.15) is 15.9 Å². The molecule has 0 aliphatic heterocycles. The van der Waals surface area contributed by atoms with E-state index in [-0.39, 0.29) is 10.2 Å². The van der Waals surface area contributed by atoms with Crippen molar-refractivity contribution in [1.29, 1.82) is 0 Å². The summed E-state index contributed by atoms with van der Waals surface area (Å²) >= 11 is 2.92. The molecule has 7 heteroatoms. The summed E-state index contributed by atoms with van der Waals surface area (Å²) in [4.78, 5) is 10.8. The highest BCUT2D eigenvalue weighted by Crippen LogP contribution is 2.35. The standard InChI is InChI=1S/C8H6BrF3N2O/c9-5-1-3(7(14)15)4(2-6(5)13)8(10,11)12/h1-2H,13H2,(H2,14,15). The number of rotatable bonds is 1. The Bertz CT molecular complexity index is 417. The van der Waals surface area contributed by atoms with E-state index in [0.717, 1.165) is 6.07 Å². The summed E-state index contributed by atoms with van der Waals surface area (Å²) in [6, 6.07) is 1.63. The van der Waals surface area contributed by atoms with Crippen LogP contribution in [0.3, 0.4) is 0 Å². The molecule has 0 bridgehead atoms. The molecule has 0 heterocycles. The number of carbonyl (C=O) groups excluding carboxylic acids is 1. The molecule has 0 aliphatic rings. The minimum absolute atomic E-state index is 0.104. The Hall–Kier alpha value is -1.24. The highest BCUT2D eigenvalue weighted by molar-refractivity contribution is 9.10. The summed E-state index contributed by atoms with van der Waals surface area (Å²) < 4.78 is 37.5. The molecule has 1 aromatic rings. The number of nitrogen functional groups attached to an aromatic ring is 1. The van der Waals surface area contributed by atoms with Crippen LogP contribution in [0.5, 0.6) is 0 Å². The molecule has 0 fully saturated rings. The molecule has 0 aliphatic carbocycles. The fourth-order valence-electron chi connectivity index (χ4n) is 1.03. The van der Waals surface area contributed by atoms with Gasteiger partial charge in [-0.3, -0.25) is 4.79 Å². The maximum Gasteiger partial charge on any atom is 0.417 e. The highest BCUT2D eigenvalue weighted by Gasteiger charge is 2.35. The van der Waals surface area contributed by atoms with Crippen molar-refractivity contribution in [2.45, 2.75) is 6.18 Å². The van der Waals surface area contributed by atoms with Crippen molar-refractivity contribution in [3.05, 3.63) is 27.7 Å². The largest absolute Gasteiger partial charge is 0.417 e. The Morgan fingerprint density at radius 1 is 1.33 bits per heavy atom. The number of alkyl halides is 3. The van der Waals surface area contributed by atoms with E-state index in [2.05, 4.69) is 15.9 Å². The Balaban J connectivity index is 3.49. The van der Waals surface area contributed by atoms with Gasteiger partial charge in [0.05, 0.1) is 11.1 Å². The molecule has 0 atom stereocenters. The molecule has 0 aromatic heterocycles. The number of amides is 1. The molecule has 0 saturated carbocycles. The van der Waals surface area contributed by atoms with Crippen LogP contribution in [0.2, 0.25) is 0 Å². The van der Waals surface area contributed by atoms with Gasteiger partial charge in [-0.1, -0.05) is 0 Å². The van der Waals surface area contributed by atoms with Crippen LogP contribution in [0.15, 0.2) is 16.6 Å². The number of nitrogens with two attached hydrogens (primary N) is 2. The number of carbonyl (C=O) groups is 1. The smallest absolute Gasteiger partial charge is 0.398 e. The van der Waals surface area contributed by atoms with Gasteiger partial charge < -0.3 is 11.5 Å². The van der Waals surface area contributed by atoms with Gasteiger partial charge in [-0.05, 0) is 28.1 Å². The monoisotopic (exact) mass is 282 g/mol. The van der Waals surface area contributed by atoms with E-state index >= 15 is 0 Å². The molecule has 1 aromatic carbocycles. The third-order valence-electron chi connectivity index (χ3n) is 1.71. The van der Waals surface area contributed by atoms with Crippen LogP contribution >= 0.6 is 15.9 Å². The summed E-state index contributed by atoms with van der Waals surface area (Å²) in [5.74, 6) is -1.15. The quantitative estimate of drug-likeness (QED) is 0.775. The molecule has 0 unspecified atom stereocenters. The number of hydrogen-bond donors (Lipinski definition) is 2. The maximum atomic E-state index is 12.4. The summed E-state index contributed by atoms with van der Waals surface area (Å²) in [5.41, 5.74) is 8.28. The number of primary amides is 1. The Morgan fingerprint density at radius 3 is 2.27 bits per heavy atom. The average Bonchev–Trinajstić information content (AvgIpc) is 2.06. The summed E-state index contributed by atoms with van der Waals surface area (Å²) in [6.45, 7) is 0. The Labute approximate surface area is 91.4 Å². The number of benzene rings is 1. The van der Waals surface area contributed by atoms with Crippen LogP contribution in [0, 0.1) is 0 Å². The first-order chi connectivity index (χ1) is 6.73. The predicted molar refractivity (Wildman–Crippen MR) is 52.1 cm³/mol. The number of hydrogen-bond acceptors (Lipinski definition) is 2. The first kappa shape index (κ1) is 11.8. The third-order valence-corrected chi connectivity index (χ3v) is 2.39. The van der Waals surface area contributed by atoms with Gasteiger partial charge in [0, 0.05) is 10.2 Å². The van der Waals surface area contributed by atoms with Gasteiger partial charge >= 0.3 is 6.18 Å².